The summed E-state index contributed by atoms with van der Waals surface area (Å²) >= 11 is 0. The van der Waals surface area contributed by atoms with E-state index in [0.717, 1.165) is 24.9 Å². The fourth-order valence-electron chi connectivity index (χ4n) is 4.31. The van der Waals surface area contributed by atoms with Gasteiger partial charge in [0, 0.05) is 42.4 Å². The van der Waals surface area contributed by atoms with Gasteiger partial charge in [-0.05, 0) is 57.1 Å². The van der Waals surface area contributed by atoms with Crippen molar-refractivity contribution in [2.24, 2.45) is 11.3 Å². The Labute approximate surface area is 166 Å². The van der Waals surface area contributed by atoms with Crippen LogP contribution in [0.5, 0.6) is 0 Å². The van der Waals surface area contributed by atoms with Gasteiger partial charge in [0.2, 0.25) is 5.91 Å². The second-order valence-electron chi connectivity index (χ2n) is 9.01. The Morgan fingerprint density at radius 1 is 1.29 bits per heavy atom. The molecule has 0 bridgehead atoms. The van der Waals surface area contributed by atoms with Crippen molar-refractivity contribution in [3.8, 4) is 0 Å². The van der Waals surface area contributed by atoms with Gasteiger partial charge in [-0.15, -0.1) is 0 Å². The van der Waals surface area contributed by atoms with Crippen LogP contribution in [0.2, 0.25) is 0 Å². The number of aliphatic hydroxyl groups is 1. The first-order valence-electron chi connectivity index (χ1n) is 10.1. The monoisotopic (exact) mass is 389 g/mol. The number of carbonyl (C=O) groups is 1. The average Bonchev–Trinajstić information content (AvgIpc) is 3.40. The number of nitro groups is 1. The van der Waals surface area contributed by atoms with Gasteiger partial charge in [-0.1, -0.05) is 13.8 Å². The number of hydrogen-bond donors (Lipinski definition) is 2. The van der Waals surface area contributed by atoms with Crippen molar-refractivity contribution in [2.45, 2.75) is 58.5 Å². The lowest BCUT2D eigenvalue weighted by molar-refractivity contribution is -0.385. The molecule has 1 heterocycles. The third-order valence-corrected chi connectivity index (χ3v) is 6.10. The van der Waals surface area contributed by atoms with Crippen LogP contribution in [0.4, 0.5) is 11.4 Å². The van der Waals surface area contributed by atoms with Crippen LogP contribution in [0.15, 0.2) is 18.2 Å². The Balaban J connectivity index is 1.53. The number of anilines is 1. The molecular formula is C21H31N3O4. The van der Waals surface area contributed by atoms with Gasteiger partial charge in [0.15, 0.2) is 0 Å². The molecule has 1 aromatic rings. The standard InChI is InChI=1S/C21H31N3O4/c1-15(2)13-20(6-7-20)19(25)23-10-8-21(26,9-11-23)14-22-17-4-5-18(24(27)28)16(3)12-17/h4-5,12,15,22,26H,6-11,13-14H2,1-3H3. The maximum Gasteiger partial charge on any atom is 0.272 e. The molecule has 2 aliphatic rings. The average molecular weight is 389 g/mol. The van der Waals surface area contributed by atoms with Crippen LogP contribution in [-0.4, -0.2) is 46.1 Å². The highest BCUT2D eigenvalue weighted by Crippen LogP contribution is 2.52. The maximum atomic E-state index is 12.9. The number of likely N-dealkylation sites (tertiary alicyclic amines) is 1. The molecule has 7 nitrogen and oxygen atoms in total. The SMILES string of the molecule is Cc1cc(NCC2(O)CCN(C(=O)C3(CC(C)C)CC3)CC2)ccc1[N+](=O)[O-]. The molecule has 1 aliphatic carbocycles. The molecule has 0 radical (unpaired) electrons. The zero-order chi connectivity index (χ0) is 20.5. The lowest BCUT2D eigenvalue weighted by Gasteiger charge is -2.40. The largest absolute Gasteiger partial charge is 0.388 e. The van der Waals surface area contributed by atoms with Gasteiger partial charge in [-0.25, -0.2) is 0 Å². The fourth-order valence-corrected chi connectivity index (χ4v) is 4.31. The van der Waals surface area contributed by atoms with Crippen molar-refractivity contribution in [3.05, 3.63) is 33.9 Å². The molecule has 7 heteroatoms. The van der Waals surface area contributed by atoms with Gasteiger partial charge >= 0.3 is 0 Å². The number of rotatable bonds is 7. The Morgan fingerprint density at radius 3 is 2.43 bits per heavy atom. The topological polar surface area (TPSA) is 95.7 Å². The van der Waals surface area contributed by atoms with Crippen LogP contribution >= 0.6 is 0 Å². The molecule has 3 rings (SSSR count). The summed E-state index contributed by atoms with van der Waals surface area (Å²) < 4.78 is 0. The third kappa shape index (κ3) is 4.46. The molecular weight excluding hydrogens is 358 g/mol. The van der Waals surface area contributed by atoms with E-state index in [0.29, 0.717) is 44.0 Å². The van der Waals surface area contributed by atoms with Crippen molar-refractivity contribution in [1.29, 1.82) is 0 Å². The number of amides is 1. The van der Waals surface area contributed by atoms with E-state index < -0.39 is 10.5 Å². The van der Waals surface area contributed by atoms with E-state index in [1.165, 1.54) is 6.07 Å². The molecule has 2 N–H and O–H groups in total. The number of nitrogens with zero attached hydrogens (tertiary/aromatic N) is 2. The maximum absolute atomic E-state index is 12.9. The van der Waals surface area contributed by atoms with Crippen LogP contribution in [0, 0.1) is 28.4 Å². The summed E-state index contributed by atoms with van der Waals surface area (Å²) in [5, 5.41) is 25.0. The van der Waals surface area contributed by atoms with Gasteiger partial charge in [0.25, 0.3) is 5.69 Å². The number of piperidine rings is 1. The molecule has 1 aromatic carbocycles. The van der Waals surface area contributed by atoms with Crippen LogP contribution in [0.3, 0.4) is 0 Å². The smallest absolute Gasteiger partial charge is 0.272 e. The number of aryl methyl sites for hydroxylation is 1. The van der Waals surface area contributed by atoms with Crippen molar-refractivity contribution < 1.29 is 14.8 Å². The van der Waals surface area contributed by atoms with Crippen molar-refractivity contribution in [1.82, 2.24) is 4.90 Å². The number of nitro benzene ring substituents is 1. The molecule has 1 saturated carbocycles. The van der Waals surface area contributed by atoms with Crippen molar-refractivity contribution in [3.63, 3.8) is 0 Å². The minimum atomic E-state index is -0.874. The van der Waals surface area contributed by atoms with E-state index in [1.807, 2.05) is 4.90 Å². The third-order valence-electron chi connectivity index (χ3n) is 6.10. The quantitative estimate of drug-likeness (QED) is 0.550. The molecule has 1 saturated heterocycles. The number of carbonyl (C=O) groups excluding carboxylic acids is 1. The molecule has 0 atom stereocenters. The number of hydrogen-bond acceptors (Lipinski definition) is 5. The molecule has 1 amide bonds. The summed E-state index contributed by atoms with van der Waals surface area (Å²) in [7, 11) is 0. The molecule has 0 unspecified atom stereocenters. The number of benzene rings is 1. The van der Waals surface area contributed by atoms with E-state index in [9.17, 15) is 20.0 Å². The predicted molar refractivity (Wildman–Crippen MR) is 108 cm³/mol. The lowest BCUT2D eigenvalue weighted by Crippen LogP contribution is -2.51. The van der Waals surface area contributed by atoms with Crippen LogP contribution in [-0.2, 0) is 4.79 Å². The van der Waals surface area contributed by atoms with E-state index in [-0.39, 0.29) is 17.0 Å². The molecule has 0 aromatic heterocycles. The summed E-state index contributed by atoms with van der Waals surface area (Å²) in [6.07, 6.45) is 4.01. The second kappa shape index (κ2) is 7.70. The summed E-state index contributed by atoms with van der Waals surface area (Å²) in [6, 6.07) is 4.87. The zero-order valence-corrected chi connectivity index (χ0v) is 17.0. The molecule has 1 aliphatic heterocycles. The van der Waals surface area contributed by atoms with E-state index >= 15 is 0 Å². The van der Waals surface area contributed by atoms with Gasteiger partial charge in [-0.2, -0.15) is 0 Å². The highest BCUT2D eigenvalue weighted by Gasteiger charge is 2.52. The fraction of sp³-hybridized carbons (Fsp3) is 0.667. The van der Waals surface area contributed by atoms with E-state index in [2.05, 4.69) is 19.2 Å². The summed E-state index contributed by atoms with van der Waals surface area (Å²) in [5.74, 6) is 0.782. The molecule has 0 spiro atoms. The van der Waals surface area contributed by atoms with Crippen LogP contribution < -0.4 is 5.32 Å². The van der Waals surface area contributed by atoms with Crippen molar-refractivity contribution >= 4 is 17.3 Å². The summed E-state index contributed by atoms with van der Waals surface area (Å²) in [6.45, 7) is 7.55. The first kappa shape index (κ1) is 20.6. The Hall–Kier alpha value is -2.15. The van der Waals surface area contributed by atoms with Gasteiger partial charge in [0.05, 0.1) is 10.5 Å². The lowest BCUT2D eigenvalue weighted by atomic mass is 9.88. The highest BCUT2D eigenvalue weighted by molar-refractivity contribution is 5.85. The molecule has 28 heavy (non-hydrogen) atoms. The van der Waals surface area contributed by atoms with E-state index in [4.69, 9.17) is 0 Å². The second-order valence-corrected chi connectivity index (χ2v) is 9.01. The van der Waals surface area contributed by atoms with Crippen LogP contribution in [0.25, 0.3) is 0 Å². The first-order chi connectivity index (χ1) is 13.1. The minimum absolute atomic E-state index is 0.0893. The zero-order valence-electron chi connectivity index (χ0n) is 17.0. The van der Waals surface area contributed by atoms with Crippen molar-refractivity contribution in [2.75, 3.05) is 25.0 Å². The van der Waals surface area contributed by atoms with Gasteiger partial charge < -0.3 is 15.3 Å². The summed E-state index contributed by atoms with van der Waals surface area (Å²) in [4.78, 5) is 25.4. The molecule has 154 valence electrons. The van der Waals surface area contributed by atoms with Gasteiger partial charge in [0.1, 0.15) is 0 Å². The Bertz CT molecular complexity index is 750. The molecule has 2 fully saturated rings. The first-order valence-corrected chi connectivity index (χ1v) is 10.1. The minimum Gasteiger partial charge on any atom is -0.388 e. The Morgan fingerprint density at radius 2 is 1.93 bits per heavy atom. The van der Waals surface area contributed by atoms with E-state index in [1.54, 1.807) is 19.1 Å². The predicted octanol–water partition coefficient (Wildman–Crippen LogP) is 3.49. The van der Waals surface area contributed by atoms with Gasteiger partial charge in [-0.3, -0.25) is 14.9 Å². The summed E-state index contributed by atoms with van der Waals surface area (Å²) in [5.41, 5.74) is 0.414. The normalized spacial score (nSPS) is 20.1. The Kier molecular flexibility index (Phi) is 5.66. The number of nitrogens with one attached hydrogen (secondary N) is 1. The van der Waals surface area contributed by atoms with Crippen LogP contribution in [0.1, 0.15) is 51.5 Å². The highest BCUT2D eigenvalue weighted by atomic mass is 16.6.